The van der Waals surface area contributed by atoms with E-state index in [2.05, 4.69) is 47.6 Å². The second-order valence-corrected chi connectivity index (χ2v) is 8.32. The minimum atomic E-state index is 0.212. The lowest BCUT2D eigenvalue weighted by Crippen LogP contribution is -2.53. The van der Waals surface area contributed by atoms with E-state index in [4.69, 9.17) is 4.99 Å². The summed E-state index contributed by atoms with van der Waals surface area (Å²) in [5, 5.41) is 17.6. The van der Waals surface area contributed by atoms with Crippen molar-refractivity contribution in [1.29, 1.82) is 0 Å². The first-order valence-corrected chi connectivity index (χ1v) is 10.2. The summed E-state index contributed by atoms with van der Waals surface area (Å²) in [7, 11) is 0. The van der Waals surface area contributed by atoms with E-state index < -0.39 is 0 Å². The summed E-state index contributed by atoms with van der Waals surface area (Å²) < 4.78 is 0. The lowest BCUT2D eigenvalue weighted by atomic mass is 10.1. The van der Waals surface area contributed by atoms with E-state index in [-0.39, 0.29) is 6.61 Å². The molecule has 5 nitrogen and oxygen atoms in total. The van der Waals surface area contributed by atoms with Gasteiger partial charge in [0.2, 0.25) is 0 Å². The third-order valence-corrected chi connectivity index (χ3v) is 6.32. The van der Waals surface area contributed by atoms with Gasteiger partial charge >= 0.3 is 0 Å². The smallest absolute Gasteiger partial charge is 0.139 e. The van der Waals surface area contributed by atoms with Crippen molar-refractivity contribution in [3.8, 4) is 0 Å². The maximum Gasteiger partial charge on any atom is 0.139 e. The maximum atomic E-state index is 9.32. The molecule has 0 amide bonds. The number of benzene rings is 1. The van der Waals surface area contributed by atoms with Crippen LogP contribution in [0.1, 0.15) is 36.6 Å². The van der Waals surface area contributed by atoms with Crippen LogP contribution < -0.4 is 10.6 Å². The molecule has 0 bridgehead atoms. The molecule has 2 aromatic rings. The fourth-order valence-electron chi connectivity index (χ4n) is 3.54. The molecule has 0 unspecified atom stereocenters. The van der Waals surface area contributed by atoms with Gasteiger partial charge in [-0.15, -0.1) is 11.3 Å². The monoisotopic (exact) mass is 370 g/mol. The molecule has 3 N–H and O–H groups in total. The highest BCUT2D eigenvalue weighted by Crippen LogP contribution is 2.41. The molecule has 0 saturated carbocycles. The normalized spacial score (nSPS) is 19.5. The van der Waals surface area contributed by atoms with Crippen LogP contribution in [0, 0.1) is 0 Å². The van der Waals surface area contributed by atoms with Crippen LogP contribution in [0.3, 0.4) is 0 Å². The second kappa shape index (κ2) is 7.39. The topological polar surface area (TPSA) is 59.9 Å². The van der Waals surface area contributed by atoms with E-state index in [0.29, 0.717) is 12.0 Å². The van der Waals surface area contributed by atoms with Crippen molar-refractivity contribution in [3.63, 3.8) is 0 Å². The molecule has 0 radical (unpaired) electrons. The molecule has 1 aromatic carbocycles. The molecule has 1 aromatic heterocycles. The van der Waals surface area contributed by atoms with Crippen LogP contribution in [-0.2, 0) is 0 Å². The lowest BCUT2D eigenvalue weighted by Gasteiger charge is -2.35. The molecule has 1 fully saturated rings. The molecule has 2 aliphatic rings. The number of aliphatic hydroxyl groups is 1. The largest absolute Gasteiger partial charge is 0.396 e. The number of thiophene rings is 1. The van der Waals surface area contributed by atoms with Crippen LogP contribution in [0.15, 0.2) is 35.3 Å². The molecule has 2 aliphatic heterocycles. The van der Waals surface area contributed by atoms with E-state index in [1.165, 1.54) is 15.4 Å². The van der Waals surface area contributed by atoms with Gasteiger partial charge in [-0.3, -0.25) is 0 Å². The minimum absolute atomic E-state index is 0.212. The molecule has 1 atom stereocenters. The van der Waals surface area contributed by atoms with Crippen molar-refractivity contribution in [2.75, 3.05) is 31.6 Å². The second-order valence-electron chi connectivity index (χ2n) is 7.23. The summed E-state index contributed by atoms with van der Waals surface area (Å²) in [6.45, 7) is 7.39. The molecule has 4 rings (SSSR count). The molecular weight excluding hydrogens is 344 g/mol. The predicted molar refractivity (Wildman–Crippen MR) is 109 cm³/mol. The van der Waals surface area contributed by atoms with Gasteiger partial charge in [0.15, 0.2) is 0 Å². The standard InChI is InChI=1S/C20H26N4OS/c1-13(2)18-11-15-19(24-9-8-21-14(12-24)7-10-25)22-16-5-3-4-6-17(16)23-20(15)26-18/h3-6,11,13-14,21,23,25H,7-10,12H2,1-2H3/t14-/m1/s1. The Labute approximate surface area is 158 Å². The molecule has 138 valence electrons. The number of aliphatic imine (C=N–C) groups is 1. The summed E-state index contributed by atoms with van der Waals surface area (Å²) in [5.41, 5.74) is 3.23. The first-order chi connectivity index (χ1) is 12.7. The first kappa shape index (κ1) is 17.5. The number of anilines is 2. The van der Waals surface area contributed by atoms with Crippen LogP contribution in [0.5, 0.6) is 0 Å². The fourth-order valence-corrected chi connectivity index (χ4v) is 4.60. The van der Waals surface area contributed by atoms with Crippen molar-refractivity contribution in [1.82, 2.24) is 10.2 Å². The van der Waals surface area contributed by atoms with Crippen molar-refractivity contribution in [3.05, 3.63) is 40.8 Å². The van der Waals surface area contributed by atoms with Crippen LogP contribution in [-0.4, -0.2) is 48.1 Å². The van der Waals surface area contributed by atoms with Crippen molar-refractivity contribution in [2.24, 2.45) is 4.99 Å². The Morgan fingerprint density at radius 1 is 1.35 bits per heavy atom. The molecule has 3 heterocycles. The van der Waals surface area contributed by atoms with Gasteiger partial charge in [-0.05, 0) is 30.5 Å². The summed E-state index contributed by atoms with van der Waals surface area (Å²) in [4.78, 5) is 8.81. The van der Waals surface area contributed by atoms with Gasteiger partial charge in [-0.2, -0.15) is 0 Å². The third kappa shape index (κ3) is 3.37. The number of hydrogen-bond donors (Lipinski definition) is 3. The van der Waals surface area contributed by atoms with Crippen molar-refractivity contribution >= 4 is 33.5 Å². The third-order valence-electron chi connectivity index (χ3n) is 4.97. The number of nitrogens with one attached hydrogen (secondary N) is 2. The molecule has 0 aliphatic carbocycles. The van der Waals surface area contributed by atoms with Gasteiger partial charge in [-0.1, -0.05) is 26.0 Å². The predicted octanol–water partition coefficient (Wildman–Crippen LogP) is 3.66. The van der Waals surface area contributed by atoms with Crippen LogP contribution >= 0.6 is 11.3 Å². The van der Waals surface area contributed by atoms with E-state index >= 15 is 0 Å². The molecule has 0 spiro atoms. The summed E-state index contributed by atoms with van der Waals surface area (Å²) in [6.07, 6.45) is 0.770. The Hall–Kier alpha value is -1.89. The van der Waals surface area contributed by atoms with Crippen molar-refractivity contribution in [2.45, 2.75) is 32.2 Å². The number of amidine groups is 1. The SMILES string of the molecule is CC(C)c1cc2c(s1)Nc1ccccc1N=C2N1CCN[C@H](CCO)C1. The number of hydrogen-bond acceptors (Lipinski definition) is 6. The van der Waals surface area contributed by atoms with Gasteiger partial charge in [0, 0.05) is 37.2 Å². The first-order valence-electron chi connectivity index (χ1n) is 9.33. The zero-order valence-corrected chi connectivity index (χ0v) is 16.1. The van der Waals surface area contributed by atoms with E-state index in [1.54, 1.807) is 0 Å². The number of piperazine rings is 1. The fraction of sp³-hybridized carbons (Fsp3) is 0.450. The van der Waals surface area contributed by atoms with E-state index in [1.807, 2.05) is 23.5 Å². The van der Waals surface area contributed by atoms with Gasteiger partial charge in [0.05, 0.1) is 16.9 Å². The summed E-state index contributed by atoms with van der Waals surface area (Å²) >= 11 is 1.82. The Bertz CT molecular complexity index is 812. The number of para-hydroxylation sites is 2. The highest BCUT2D eigenvalue weighted by atomic mass is 32.1. The van der Waals surface area contributed by atoms with Gasteiger partial charge < -0.3 is 20.6 Å². The van der Waals surface area contributed by atoms with E-state index in [9.17, 15) is 5.11 Å². The molecule has 26 heavy (non-hydrogen) atoms. The Morgan fingerprint density at radius 2 is 2.19 bits per heavy atom. The van der Waals surface area contributed by atoms with E-state index in [0.717, 1.165) is 43.3 Å². The Kier molecular flexibility index (Phi) is 4.98. The van der Waals surface area contributed by atoms with Gasteiger partial charge in [-0.25, -0.2) is 4.99 Å². The zero-order chi connectivity index (χ0) is 18.1. The molecular formula is C20H26N4OS. The number of fused-ring (bicyclic) bond motifs is 2. The van der Waals surface area contributed by atoms with Crippen LogP contribution in [0.2, 0.25) is 0 Å². The van der Waals surface area contributed by atoms with Crippen LogP contribution in [0.4, 0.5) is 16.4 Å². The van der Waals surface area contributed by atoms with Gasteiger partial charge in [0.25, 0.3) is 0 Å². The highest BCUT2D eigenvalue weighted by Gasteiger charge is 2.28. The average Bonchev–Trinajstić information content (AvgIpc) is 2.99. The number of rotatable bonds is 3. The lowest BCUT2D eigenvalue weighted by molar-refractivity contribution is 0.223. The Morgan fingerprint density at radius 3 is 3.00 bits per heavy atom. The summed E-state index contributed by atoms with van der Waals surface area (Å²) in [5.74, 6) is 1.54. The summed E-state index contributed by atoms with van der Waals surface area (Å²) in [6, 6.07) is 10.8. The zero-order valence-electron chi connectivity index (χ0n) is 15.3. The number of aliphatic hydroxyl groups excluding tert-OH is 1. The number of nitrogens with zero attached hydrogens (tertiary/aromatic N) is 2. The molecule has 6 heteroatoms. The van der Waals surface area contributed by atoms with Crippen LogP contribution in [0.25, 0.3) is 0 Å². The Balaban J connectivity index is 1.77. The quantitative estimate of drug-likeness (QED) is 0.772. The maximum absolute atomic E-state index is 9.32. The average molecular weight is 371 g/mol. The highest BCUT2D eigenvalue weighted by molar-refractivity contribution is 7.16. The minimum Gasteiger partial charge on any atom is -0.396 e. The van der Waals surface area contributed by atoms with Crippen molar-refractivity contribution < 1.29 is 5.11 Å². The van der Waals surface area contributed by atoms with Gasteiger partial charge in [0.1, 0.15) is 10.8 Å². The molecule has 1 saturated heterocycles.